The van der Waals surface area contributed by atoms with Crippen molar-refractivity contribution in [3.8, 4) is 0 Å². The Bertz CT molecular complexity index is 232. The van der Waals surface area contributed by atoms with Gasteiger partial charge >= 0.3 is 0 Å². The van der Waals surface area contributed by atoms with E-state index < -0.39 is 0 Å². The largest absolute Gasteiger partial charge is 0.251 e. The van der Waals surface area contributed by atoms with Crippen molar-refractivity contribution in [3.05, 3.63) is 12.7 Å². The van der Waals surface area contributed by atoms with E-state index in [2.05, 4.69) is 12.7 Å². The summed E-state index contributed by atoms with van der Waals surface area (Å²) < 4.78 is 12.2. The van der Waals surface area contributed by atoms with Crippen LogP contribution in [0.5, 0.6) is 0 Å². The molecule has 0 heterocycles. The molecule has 0 saturated heterocycles. The molecular weight excluding hydrogens is 223 g/mol. The van der Waals surface area contributed by atoms with Crippen molar-refractivity contribution in [2.75, 3.05) is 6.67 Å². The van der Waals surface area contributed by atoms with Gasteiger partial charge in [-0.3, -0.25) is 4.39 Å². The molecule has 0 spiro atoms. The van der Waals surface area contributed by atoms with E-state index in [1.165, 1.54) is 51.4 Å². The smallest absolute Gasteiger partial charge is 0.0894 e. The minimum absolute atomic E-state index is 0.120. The first-order chi connectivity index (χ1) is 8.83. The first-order valence-corrected chi connectivity index (χ1v) is 8.02. The van der Waals surface area contributed by atoms with E-state index in [1.807, 2.05) is 0 Å². The van der Waals surface area contributed by atoms with Gasteiger partial charge in [-0.1, -0.05) is 18.9 Å². The minimum Gasteiger partial charge on any atom is -0.251 e. The lowest BCUT2D eigenvalue weighted by molar-refractivity contribution is 0.151. The van der Waals surface area contributed by atoms with Gasteiger partial charge in [0.1, 0.15) is 0 Å². The second kappa shape index (κ2) is 7.31. The van der Waals surface area contributed by atoms with E-state index in [4.69, 9.17) is 0 Å². The lowest BCUT2D eigenvalue weighted by atomic mass is 9.69. The molecule has 0 amide bonds. The maximum absolute atomic E-state index is 12.2. The van der Waals surface area contributed by atoms with Crippen molar-refractivity contribution in [3.63, 3.8) is 0 Å². The van der Waals surface area contributed by atoms with Gasteiger partial charge in [0.2, 0.25) is 0 Å². The quantitative estimate of drug-likeness (QED) is 0.564. The summed E-state index contributed by atoms with van der Waals surface area (Å²) in [6, 6.07) is 0. The molecule has 2 saturated carbocycles. The van der Waals surface area contributed by atoms with Crippen LogP contribution < -0.4 is 0 Å². The monoisotopic (exact) mass is 252 g/mol. The highest BCUT2D eigenvalue weighted by Crippen LogP contribution is 2.42. The van der Waals surface area contributed by atoms with Crippen LogP contribution in [-0.4, -0.2) is 6.67 Å². The fourth-order valence-corrected chi connectivity index (χ4v) is 4.17. The first-order valence-electron chi connectivity index (χ1n) is 8.02. The van der Waals surface area contributed by atoms with Gasteiger partial charge in [0.15, 0.2) is 0 Å². The van der Waals surface area contributed by atoms with Crippen LogP contribution in [0.25, 0.3) is 0 Å². The average molecular weight is 252 g/mol. The van der Waals surface area contributed by atoms with Gasteiger partial charge < -0.3 is 0 Å². The van der Waals surface area contributed by atoms with Gasteiger partial charge in [-0.2, -0.15) is 0 Å². The van der Waals surface area contributed by atoms with Crippen molar-refractivity contribution in [1.29, 1.82) is 0 Å². The molecule has 0 aromatic carbocycles. The summed E-state index contributed by atoms with van der Waals surface area (Å²) >= 11 is 0. The van der Waals surface area contributed by atoms with E-state index in [-0.39, 0.29) is 6.67 Å². The van der Waals surface area contributed by atoms with Crippen LogP contribution >= 0.6 is 0 Å². The molecule has 2 aliphatic carbocycles. The standard InChI is InChI=1S/C17H29F/c1-2-14-5-9-16(10-6-14)17-11-7-15(8-12-17)4-3-13-18/h2,14-17H,1,3-13H2. The Hall–Kier alpha value is -0.330. The predicted octanol–water partition coefficient (Wildman–Crippen LogP) is 5.53. The third kappa shape index (κ3) is 3.83. The van der Waals surface area contributed by atoms with E-state index in [0.717, 1.165) is 36.5 Å². The van der Waals surface area contributed by atoms with Gasteiger partial charge in [0.25, 0.3) is 0 Å². The van der Waals surface area contributed by atoms with Crippen LogP contribution in [-0.2, 0) is 0 Å². The van der Waals surface area contributed by atoms with Gasteiger partial charge in [0.05, 0.1) is 6.67 Å². The number of alkyl halides is 1. The summed E-state index contributed by atoms with van der Waals surface area (Å²) in [5.74, 6) is 3.60. The molecule has 0 atom stereocenters. The number of hydrogen-bond donors (Lipinski definition) is 0. The van der Waals surface area contributed by atoms with Crippen LogP contribution in [0.15, 0.2) is 12.7 Å². The van der Waals surface area contributed by atoms with Gasteiger partial charge in [-0.05, 0) is 75.0 Å². The molecule has 2 rings (SSSR count). The molecule has 0 aromatic rings. The van der Waals surface area contributed by atoms with E-state index in [0.29, 0.717) is 0 Å². The molecule has 0 N–H and O–H groups in total. The van der Waals surface area contributed by atoms with E-state index in [1.54, 1.807) is 0 Å². The highest BCUT2D eigenvalue weighted by atomic mass is 19.1. The molecule has 18 heavy (non-hydrogen) atoms. The summed E-state index contributed by atoms with van der Waals surface area (Å²) in [6.45, 7) is 3.81. The number of rotatable bonds is 5. The Kier molecular flexibility index (Phi) is 5.72. The summed E-state index contributed by atoms with van der Waals surface area (Å²) in [5.41, 5.74) is 0. The fourth-order valence-electron chi connectivity index (χ4n) is 4.17. The molecule has 0 radical (unpaired) electrons. The third-order valence-electron chi connectivity index (χ3n) is 5.45. The summed E-state index contributed by atoms with van der Waals surface area (Å²) in [4.78, 5) is 0. The van der Waals surface area contributed by atoms with Crippen LogP contribution in [0.4, 0.5) is 4.39 Å². The van der Waals surface area contributed by atoms with Crippen LogP contribution in [0.1, 0.15) is 64.2 Å². The molecule has 104 valence electrons. The summed E-state index contributed by atoms with van der Waals surface area (Å²) in [7, 11) is 0. The lowest BCUT2D eigenvalue weighted by Gasteiger charge is -2.37. The second-order valence-corrected chi connectivity index (χ2v) is 6.52. The highest BCUT2D eigenvalue weighted by Gasteiger charge is 2.29. The maximum Gasteiger partial charge on any atom is 0.0894 e. The molecule has 0 unspecified atom stereocenters. The van der Waals surface area contributed by atoms with Crippen molar-refractivity contribution in [2.24, 2.45) is 23.7 Å². The molecule has 0 aliphatic heterocycles. The molecule has 1 heteroatoms. The fraction of sp³-hybridized carbons (Fsp3) is 0.882. The predicted molar refractivity (Wildman–Crippen MR) is 76.3 cm³/mol. The maximum atomic E-state index is 12.2. The SMILES string of the molecule is C=CC1CCC(C2CCC(CCCF)CC2)CC1. The number of halogens is 1. The van der Waals surface area contributed by atoms with E-state index in [9.17, 15) is 4.39 Å². The summed E-state index contributed by atoms with van der Waals surface area (Å²) in [6.07, 6.45) is 15.2. The van der Waals surface area contributed by atoms with Gasteiger partial charge in [-0.25, -0.2) is 0 Å². The Morgan fingerprint density at radius 1 is 0.889 bits per heavy atom. The average Bonchev–Trinajstić information content (AvgIpc) is 2.46. The zero-order valence-electron chi connectivity index (χ0n) is 11.7. The Morgan fingerprint density at radius 3 is 1.94 bits per heavy atom. The van der Waals surface area contributed by atoms with Crippen molar-refractivity contribution in [2.45, 2.75) is 64.2 Å². The van der Waals surface area contributed by atoms with Crippen LogP contribution in [0.3, 0.4) is 0 Å². The third-order valence-corrected chi connectivity index (χ3v) is 5.45. The highest BCUT2D eigenvalue weighted by molar-refractivity contribution is 4.87. The molecule has 2 aliphatic rings. The van der Waals surface area contributed by atoms with Crippen molar-refractivity contribution < 1.29 is 4.39 Å². The lowest BCUT2D eigenvalue weighted by Crippen LogP contribution is -2.25. The van der Waals surface area contributed by atoms with Crippen molar-refractivity contribution >= 4 is 0 Å². The molecular formula is C17H29F. The Morgan fingerprint density at radius 2 is 1.44 bits per heavy atom. The topological polar surface area (TPSA) is 0 Å². The van der Waals surface area contributed by atoms with Crippen LogP contribution in [0, 0.1) is 23.7 Å². The van der Waals surface area contributed by atoms with Gasteiger partial charge in [-0.15, -0.1) is 6.58 Å². The Labute approximate surface area is 112 Å². The van der Waals surface area contributed by atoms with E-state index >= 15 is 0 Å². The molecule has 0 nitrogen and oxygen atoms in total. The zero-order chi connectivity index (χ0) is 12.8. The van der Waals surface area contributed by atoms with Crippen LogP contribution in [0.2, 0.25) is 0 Å². The minimum atomic E-state index is -0.120. The van der Waals surface area contributed by atoms with Gasteiger partial charge in [0, 0.05) is 0 Å². The summed E-state index contributed by atoms with van der Waals surface area (Å²) in [5, 5.41) is 0. The zero-order valence-corrected chi connectivity index (χ0v) is 11.7. The molecule has 0 bridgehead atoms. The first kappa shape index (κ1) is 14.1. The Balaban J connectivity index is 1.68. The second-order valence-electron chi connectivity index (χ2n) is 6.52. The van der Waals surface area contributed by atoms with Crippen molar-refractivity contribution in [1.82, 2.24) is 0 Å². The molecule has 2 fully saturated rings. The molecule has 0 aromatic heterocycles. The number of allylic oxidation sites excluding steroid dienone is 1. The normalized spacial score (nSPS) is 37.4. The number of hydrogen-bond acceptors (Lipinski definition) is 0.